The fourth-order valence-corrected chi connectivity index (χ4v) is 3.34. The maximum Gasteiger partial charge on any atom is 0.323 e. The number of carboxylic acids is 1. The summed E-state index contributed by atoms with van der Waals surface area (Å²) < 4.78 is 10.5. The van der Waals surface area contributed by atoms with Crippen molar-refractivity contribution in [1.82, 2.24) is 4.90 Å². The Kier molecular flexibility index (Phi) is 7.10. The molecule has 0 spiro atoms. The SMILES string of the molecule is COc1cc(CN(CC(=O)O)C(=O)C2CCCCCC2)cc(OC)c1. The zero-order chi connectivity index (χ0) is 18.2. The number of ether oxygens (including phenoxy) is 2. The van der Waals surface area contributed by atoms with Crippen molar-refractivity contribution in [3.05, 3.63) is 23.8 Å². The first-order valence-corrected chi connectivity index (χ1v) is 8.76. The molecule has 1 aliphatic carbocycles. The van der Waals surface area contributed by atoms with Crippen LogP contribution in [-0.2, 0) is 16.1 Å². The Labute approximate surface area is 148 Å². The number of carboxylic acid groups (broad SMARTS) is 1. The standard InChI is InChI=1S/C19H27NO5/c1-24-16-9-14(10-17(11-16)25-2)12-20(13-18(21)22)19(23)15-7-5-3-4-6-8-15/h9-11,15H,3-8,12-13H2,1-2H3,(H,21,22). The predicted molar refractivity (Wildman–Crippen MR) is 93.8 cm³/mol. The highest BCUT2D eigenvalue weighted by Crippen LogP contribution is 2.27. The highest BCUT2D eigenvalue weighted by Gasteiger charge is 2.26. The van der Waals surface area contributed by atoms with Crippen LogP contribution < -0.4 is 9.47 Å². The van der Waals surface area contributed by atoms with Crippen LogP contribution in [0.3, 0.4) is 0 Å². The summed E-state index contributed by atoms with van der Waals surface area (Å²) in [5.74, 6) is 0.0929. The second-order valence-electron chi connectivity index (χ2n) is 6.50. The number of rotatable bonds is 7. The van der Waals surface area contributed by atoms with Gasteiger partial charge in [-0.2, -0.15) is 0 Å². The average Bonchev–Trinajstić information content (AvgIpc) is 2.89. The smallest absolute Gasteiger partial charge is 0.323 e. The average molecular weight is 349 g/mol. The first-order valence-electron chi connectivity index (χ1n) is 8.76. The maximum atomic E-state index is 12.9. The topological polar surface area (TPSA) is 76.1 Å². The first-order chi connectivity index (χ1) is 12.0. The second-order valence-corrected chi connectivity index (χ2v) is 6.50. The van der Waals surface area contributed by atoms with Crippen LogP contribution >= 0.6 is 0 Å². The third-order valence-electron chi connectivity index (χ3n) is 4.63. The molecule has 1 N–H and O–H groups in total. The highest BCUT2D eigenvalue weighted by atomic mass is 16.5. The van der Waals surface area contributed by atoms with E-state index in [-0.39, 0.29) is 24.9 Å². The molecule has 0 bridgehead atoms. The fourth-order valence-electron chi connectivity index (χ4n) is 3.34. The van der Waals surface area contributed by atoms with Crippen LogP contribution in [0.2, 0.25) is 0 Å². The Morgan fingerprint density at radius 1 is 1.04 bits per heavy atom. The maximum absolute atomic E-state index is 12.9. The van der Waals surface area contributed by atoms with E-state index in [2.05, 4.69) is 0 Å². The van der Waals surface area contributed by atoms with Gasteiger partial charge in [0.05, 0.1) is 14.2 Å². The highest BCUT2D eigenvalue weighted by molar-refractivity contribution is 5.83. The van der Waals surface area contributed by atoms with Gasteiger partial charge < -0.3 is 19.5 Å². The molecule has 0 heterocycles. The molecule has 1 fully saturated rings. The van der Waals surface area contributed by atoms with Gasteiger partial charge in [-0.15, -0.1) is 0 Å². The van der Waals surface area contributed by atoms with E-state index in [1.807, 2.05) is 0 Å². The number of carbonyl (C=O) groups excluding carboxylic acids is 1. The summed E-state index contributed by atoms with van der Waals surface area (Å²) >= 11 is 0. The lowest BCUT2D eigenvalue weighted by atomic mass is 9.98. The van der Waals surface area contributed by atoms with Gasteiger partial charge in [0.25, 0.3) is 0 Å². The summed E-state index contributed by atoms with van der Waals surface area (Å²) in [6.45, 7) is -0.0654. The molecule has 138 valence electrons. The minimum Gasteiger partial charge on any atom is -0.497 e. The summed E-state index contributed by atoms with van der Waals surface area (Å²) in [4.78, 5) is 25.6. The summed E-state index contributed by atoms with van der Waals surface area (Å²) in [6, 6.07) is 5.35. The van der Waals surface area contributed by atoms with Gasteiger partial charge in [0.15, 0.2) is 0 Å². The lowest BCUT2D eigenvalue weighted by Gasteiger charge is -2.26. The number of aliphatic carboxylic acids is 1. The summed E-state index contributed by atoms with van der Waals surface area (Å²) in [5, 5.41) is 9.22. The lowest BCUT2D eigenvalue weighted by Crippen LogP contribution is -2.39. The molecule has 1 aromatic carbocycles. The third-order valence-corrected chi connectivity index (χ3v) is 4.63. The van der Waals surface area contributed by atoms with Gasteiger partial charge in [-0.1, -0.05) is 25.7 Å². The van der Waals surface area contributed by atoms with Crippen LogP contribution in [0, 0.1) is 5.92 Å². The minimum atomic E-state index is -1.00. The van der Waals surface area contributed by atoms with Gasteiger partial charge in [-0.3, -0.25) is 9.59 Å². The molecule has 1 aliphatic rings. The molecular formula is C19H27NO5. The fraction of sp³-hybridized carbons (Fsp3) is 0.579. The van der Waals surface area contributed by atoms with Crippen molar-refractivity contribution in [3.63, 3.8) is 0 Å². The van der Waals surface area contributed by atoms with Gasteiger partial charge in [0.1, 0.15) is 18.0 Å². The molecule has 0 aromatic heterocycles. The molecule has 0 saturated heterocycles. The predicted octanol–water partition coefficient (Wildman–Crippen LogP) is 3.09. The summed E-state index contributed by atoms with van der Waals surface area (Å²) in [5.41, 5.74) is 0.791. The number of amides is 1. The van der Waals surface area contributed by atoms with E-state index < -0.39 is 5.97 Å². The van der Waals surface area contributed by atoms with Gasteiger partial charge in [-0.05, 0) is 30.5 Å². The molecular weight excluding hydrogens is 322 g/mol. The Morgan fingerprint density at radius 2 is 1.60 bits per heavy atom. The Hall–Kier alpha value is -2.24. The zero-order valence-corrected chi connectivity index (χ0v) is 15.0. The van der Waals surface area contributed by atoms with Crippen LogP contribution in [0.25, 0.3) is 0 Å². The zero-order valence-electron chi connectivity index (χ0n) is 15.0. The van der Waals surface area contributed by atoms with Gasteiger partial charge in [0.2, 0.25) is 5.91 Å². The van der Waals surface area contributed by atoms with E-state index in [4.69, 9.17) is 9.47 Å². The lowest BCUT2D eigenvalue weighted by molar-refractivity contribution is -0.147. The van der Waals surface area contributed by atoms with Crippen molar-refractivity contribution in [3.8, 4) is 11.5 Å². The molecule has 2 rings (SSSR count). The van der Waals surface area contributed by atoms with Crippen molar-refractivity contribution in [1.29, 1.82) is 0 Å². The molecule has 6 nitrogen and oxygen atoms in total. The van der Waals surface area contributed by atoms with Crippen LogP contribution in [0.15, 0.2) is 18.2 Å². The van der Waals surface area contributed by atoms with Crippen LogP contribution in [-0.4, -0.2) is 42.6 Å². The van der Waals surface area contributed by atoms with Gasteiger partial charge in [-0.25, -0.2) is 0 Å². The number of carbonyl (C=O) groups is 2. The number of nitrogens with zero attached hydrogens (tertiary/aromatic N) is 1. The molecule has 6 heteroatoms. The Balaban J connectivity index is 2.19. The summed E-state index contributed by atoms with van der Waals surface area (Å²) in [6.07, 6.45) is 6.05. The molecule has 0 radical (unpaired) electrons. The van der Waals surface area contributed by atoms with Crippen LogP contribution in [0.5, 0.6) is 11.5 Å². The molecule has 1 saturated carbocycles. The van der Waals surface area contributed by atoms with Crippen LogP contribution in [0.4, 0.5) is 0 Å². The van der Waals surface area contributed by atoms with Crippen LogP contribution in [0.1, 0.15) is 44.1 Å². The van der Waals surface area contributed by atoms with E-state index in [0.717, 1.165) is 44.1 Å². The number of hydrogen-bond donors (Lipinski definition) is 1. The van der Waals surface area contributed by atoms with E-state index in [1.54, 1.807) is 32.4 Å². The van der Waals surface area contributed by atoms with E-state index >= 15 is 0 Å². The molecule has 0 atom stereocenters. The Bertz CT molecular complexity index is 571. The molecule has 0 aliphatic heterocycles. The van der Waals surface area contributed by atoms with E-state index in [1.165, 1.54) is 4.90 Å². The van der Waals surface area contributed by atoms with Crippen molar-refractivity contribution < 1.29 is 24.2 Å². The van der Waals surface area contributed by atoms with Gasteiger partial charge >= 0.3 is 5.97 Å². The molecule has 25 heavy (non-hydrogen) atoms. The number of benzene rings is 1. The second kappa shape index (κ2) is 9.30. The Morgan fingerprint density at radius 3 is 2.08 bits per heavy atom. The molecule has 1 aromatic rings. The van der Waals surface area contributed by atoms with Crippen molar-refractivity contribution in [2.24, 2.45) is 5.92 Å². The van der Waals surface area contributed by atoms with Gasteiger partial charge in [0, 0.05) is 18.5 Å². The monoisotopic (exact) mass is 349 g/mol. The number of hydrogen-bond acceptors (Lipinski definition) is 4. The quantitative estimate of drug-likeness (QED) is 0.766. The normalized spacial score (nSPS) is 15.3. The van der Waals surface area contributed by atoms with Crippen molar-refractivity contribution >= 4 is 11.9 Å². The number of methoxy groups -OCH3 is 2. The molecule has 1 amide bonds. The largest absolute Gasteiger partial charge is 0.497 e. The van der Waals surface area contributed by atoms with E-state index in [0.29, 0.717) is 11.5 Å². The summed E-state index contributed by atoms with van der Waals surface area (Å²) in [7, 11) is 3.12. The van der Waals surface area contributed by atoms with E-state index in [9.17, 15) is 14.7 Å². The van der Waals surface area contributed by atoms with Crippen molar-refractivity contribution in [2.75, 3.05) is 20.8 Å². The third kappa shape index (κ3) is 5.66. The minimum absolute atomic E-state index is 0.0638. The van der Waals surface area contributed by atoms with Crippen molar-refractivity contribution in [2.45, 2.75) is 45.1 Å². The first kappa shape index (κ1) is 19.1. The molecule has 0 unspecified atom stereocenters.